The normalized spacial score (nSPS) is 12.6. The largest absolute Gasteiger partial charge is 0.486 e. The Morgan fingerprint density at radius 1 is 0.857 bits per heavy atom. The molecule has 3 aromatic carbocycles. The molecule has 0 radical (unpaired) electrons. The molecule has 1 heterocycles. The van der Waals surface area contributed by atoms with Gasteiger partial charge < -0.3 is 20.1 Å². The van der Waals surface area contributed by atoms with E-state index < -0.39 is 15.7 Å². The summed E-state index contributed by atoms with van der Waals surface area (Å²) in [5, 5.41) is 5.52. The second-order valence-corrected chi connectivity index (χ2v) is 10.1. The predicted molar refractivity (Wildman–Crippen MR) is 132 cm³/mol. The fourth-order valence-corrected chi connectivity index (χ4v) is 4.88. The lowest BCUT2D eigenvalue weighted by atomic mass is 10.1. The number of rotatable bonds is 9. The van der Waals surface area contributed by atoms with Gasteiger partial charge in [-0.15, -0.1) is 0 Å². The van der Waals surface area contributed by atoms with Crippen molar-refractivity contribution < 1.29 is 27.5 Å². The van der Waals surface area contributed by atoms with Gasteiger partial charge in [-0.05, 0) is 36.2 Å². The fourth-order valence-electron chi connectivity index (χ4n) is 3.63. The minimum Gasteiger partial charge on any atom is -0.486 e. The molecule has 0 saturated heterocycles. The molecule has 182 valence electrons. The van der Waals surface area contributed by atoms with Gasteiger partial charge in [0, 0.05) is 19.0 Å². The molecule has 0 unspecified atom stereocenters. The van der Waals surface area contributed by atoms with Crippen molar-refractivity contribution in [1.82, 2.24) is 5.32 Å². The Balaban J connectivity index is 1.34. The average Bonchev–Trinajstić information content (AvgIpc) is 2.88. The molecule has 0 spiro atoms. The van der Waals surface area contributed by atoms with Crippen LogP contribution in [0.1, 0.15) is 22.3 Å². The molecule has 0 bridgehead atoms. The third kappa shape index (κ3) is 6.39. The number of fused-ring (bicyclic) bond motifs is 1. The van der Waals surface area contributed by atoms with E-state index in [1.807, 2.05) is 30.3 Å². The first kappa shape index (κ1) is 24.3. The number of amides is 2. The molecule has 0 fully saturated rings. The van der Waals surface area contributed by atoms with E-state index in [2.05, 4.69) is 10.6 Å². The van der Waals surface area contributed by atoms with Crippen LogP contribution in [-0.2, 0) is 21.1 Å². The van der Waals surface area contributed by atoms with Gasteiger partial charge in [-0.2, -0.15) is 0 Å². The molecule has 4 rings (SSSR count). The smallest absolute Gasteiger partial charge is 0.253 e. The highest BCUT2D eigenvalue weighted by Crippen LogP contribution is 2.32. The first-order chi connectivity index (χ1) is 16.9. The number of carbonyl (C=O) groups excluding carboxylic acids is 2. The minimum atomic E-state index is -3.72. The average molecular weight is 495 g/mol. The molecule has 35 heavy (non-hydrogen) atoms. The summed E-state index contributed by atoms with van der Waals surface area (Å²) in [5.41, 5.74) is 1.74. The second-order valence-electron chi connectivity index (χ2n) is 7.96. The van der Waals surface area contributed by atoms with Gasteiger partial charge in [0.15, 0.2) is 21.3 Å². The SMILES string of the molecule is O=C(CCS(=O)(=O)c1ccc2c(c1)OCCO2)Nc1ccccc1C(=O)NCCc1ccccc1. The van der Waals surface area contributed by atoms with Gasteiger partial charge in [-0.25, -0.2) is 8.42 Å². The van der Waals surface area contributed by atoms with Crippen LogP contribution in [0.5, 0.6) is 11.5 Å². The zero-order chi connectivity index (χ0) is 24.7. The van der Waals surface area contributed by atoms with Gasteiger partial charge in [0.2, 0.25) is 5.91 Å². The van der Waals surface area contributed by atoms with Crippen molar-refractivity contribution in [2.24, 2.45) is 0 Å². The van der Waals surface area contributed by atoms with Gasteiger partial charge in [-0.3, -0.25) is 9.59 Å². The van der Waals surface area contributed by atoms with E-state index in [0.29, 0.717) is 48.9 Å². The van der Waals surface area contributed by atoms with Crippen LogP contribution in [0.3, 0.4) is 0 Å². The quantitative estimate of drug-likeness (QED) is 0.473. The predicted octanol–water partition coefficient (Wildman–Crippen LogP) is 3.23. The molecule has 9 heteroatoms. The van der Waals surface area contributed by atoms with Crippen molar-refractivity contribution in [2.75, 3.05) is 30.8 Å². The van der Waals surface area contributed by atoms with Gasteiger partial charge in [0.05, 0.1) is 21.9 Å². The molecule has 2 N–H and O–H groups in total. The Labute approximate surface area is 204 Å². The first-order valence-electron chi connectivity index (χ1n) is 11.3. The number of nitrogens with one attached hydrogen (secondary N) is 2. The maximum absolute atomic E-state index is 12.7. The van der Waals surface area contributed by atoms with Crippen molar-refractivity contribution in [2.45, 2.75) is 17.7 Å². The highest BCUT2D eigenvalue weighted by molar-refractivity contribution is 7.91. The summed E-state index contributed by atoms with van der Waals surface area (Å²) in [4.78, 5) is 25.3. The number of hydrogen-bond acceptors (Lipinski definition) is 6. The number of anilines is 1. The molecule has 3 aromatic rings. The summed E-state index contributed by atoms with van der Waals surface area (Å²) in [6.45, 7) is 1.20. The lowest BCUT2D eigenvalue weighted by Gasteiger charge is -2.18. The molecule has 1 aliphatic rings. The number of carbonyl (C=O) groups is 2. The van der Waals surface area contributed by atoms with Gasteiger partial charge >= 0.3 is 0 Å². The third-order valence-electron chi connectivity index (χ3n) is 5.46. The van der Waals surface area contributed by atoms with Crippen LogP contribution in [0.25, 0.3) is 0 Å². The molecule has 0 aromatic heterocycles. The zero-order valence-corrected chi connectivity index (χ0v) is 19.8. The molecular weight excluding hydrogens is 468 g/mol. The van der Waals surface area contributed by atoms with Crippen LogP contribution in [0, 0.1) is 0 Å². The summed E-state index contributed by atoms with van der Waals surface area (Å²) in [6.07, 6.45) is 0.416. The van der Waals surface area contributed by atoms with Crippen molar-refractivity contribution in [3.8, 4) is 11.5 Å². The van der Waals surface area contributed by atoms with Crippen LogP contribution < -0.4 is 20.1 Å². The van der Waals surface area contributed by atoms with Crippen molar-refractivity contribution in [1.29, 1.82) is 0 Å². The maximum Gasteiger partial charge on any atom is 0.253 e. The maximum atomic E-state index is 12.7. The van der Waals surface area contributed by atoms with Crippen LogP contribution in [0.4, 0.5) is 5.69 Å². The van der Waals surface area contributed by atoms with Crippen LogP contribution in [-0.4, -0.2) is 45.7 Å². The monoisotopic (exact) mass is 494 g/mol. The van der Waals surface area contributed by atoms with E-state index in [-0.39, 0.29) is 23.0 Å². The highest BCUT2D eigenvalue weighted by atomic mass is 32.2. The lowest BCUT2D eigenvalue weighted by molar-refractivity contribution is -0.115. The van der Waals surface area contributed by atoms with E-state index in [4.69, 9.17) is 9.47 Å². The molecule has 8 nitrogen and oxygen atoms in total. The standard InChI is InChI=1S/C26H26N2O6S/c29-25(13-17-35(31,32)20-10-11-23-24(18-20)34-16-15-33-23)28-22-9-5-4-8-21(22)26(30)27-14-12-19-6-2-1-3-7-19/h1-11,18H,12-17H2,(H,27,30)(H,28,29). The highest BCUT2D eigenvalue weighted by Gasteiger charge is 2.21. The van der Waals surface area contributed by atoms with Gasteiger partial charge in [0.25, 0.3) is 5.91 Å². The molecule has 0 atom stereocenters. The second kappa shape index (κ2) is 11.1. The molecule has 1 aliphatic heterocycles. The Bertz CT molecular complexity index is 1310. The molecule has 0 aliphatic carbocycles. The topological polar surface area (TPSA) is 111 Å². The van der Waals surface area contributed by atoms with E-state index in [1.54, 1.807) is 30.3 Å². The summed E-state index contributed by atoms with van der Waals surface area (Å²) in [7, 11) is -3.72. The van der Waals surface area contributed by atoms with E-state index in [1.165, 1.54) is 12.1 Å². The van der Waals surface area contributed by atoms with Crippen LogP contribution in [0.2, 0.25) is 0 Å². The van der Waals surface area contributed by atoms with E-state index in [0.717, 1.165) is 5.56 Å². The van der Waals surface area contributed by atoms with Crippen LogP contribution >= 0.6 is 0 Å². The number of benzene rings is 3. The summed E-state index contributed by atoms with van der Waals surface area (Å²) in [6, 6.07) is 20.8. The first-order valence-corrected chi connectivity index (χ1v) is 12.9. The fraction of sp³-hybridized carbons (Fsp3) is 0.231. The number of sulfone groups is 1. The Hall–Kier alpha value is -3.85. The minimum absolute atomic E-state index is 0.0627. The Kier molecular flexibility index (Phi) is 7.67. The number of para-hydroxylation sites is 1. The van der Waals surface area contributed by atoms with Gasteiger partial charge in [-0.1, -0.05) is 42.5 Å². The number of hydrogen-bond donors (Lipinski definition) is 2. The van der Waals surface area contributed by atoms with Gasteiger partial charge in [0.1, 0.15) is 13.2 Å². The van der Waals surface area contributed by atoms with E-state index in [9.17, 15) is 18.0 Å². The van der Waals surface area contributed by atoms with Crippen LogP contribution in [0.15, 0.2) is 77.7 Å². The van der Waals surface area contributed by atoms with Crippen molar-refractivity contribution in [3.05, 3.63) is 83.9 Å². The third-order valence-corrected chi connectivity index (χ3v) is 7.17. The Morgan fingerprint density at radius 3 is 2.37 bits per heavy atom. The summed E-state index contributed by atoms with van der Waals surface area (Å²) in [5.74, 6) is -0.346. The van der Waals surface area contributed by atoms with Crippen molar-refractivity contribution >= 4 is 27.3 Å². The zero-order valence-electron chi connectivity index (χ0n) is 19.0. The van der Waals surface area contributed by atoms with Crippen molar-refractivity contribution in [3.63, 3.8) is 0 Å². The lowest BCUT2D eigenvalue weighted by Crippen LogP contribution is -2.27. The Morgan fingerprint density at radius 2 is 1.57 bits per heavy atom. The summed E-state index contributed by atoms with van der Waals surface area (Å²) < 4.78 is 36.4. The van der Waals surface area contributed by atoms with E-state index >= 15 is 0 Å². The number of ether oxygens (including phenoxy) is 2. The molecule has 2 amide bonds. The molecule has 0 saturated carbocycles. The summed E-state index contributed by atoms with van der Waals surface area (Å²) >= 11 is 0. The molecular formula is C26H26N2O6S.